The lowest BCUT2D eigenvalue weighted by molar-refractivity contribution is 0.949. The molecule has 0 atom stereocenters. The van der Waals surface area contributed by atoms with E-state index in [1.807, 2.05) is 6.08 Å². The highest BCUT2D eigenvalue weighted by Gasteiger charge is 2.12. The van der Waals surface area contributed by atoms with Gasteiger partial charge in [-0.1, -0.05) is 6.08 Å². The molecule has 1 heteroatoms. The minimum atomic E-state index is 0.495. The lowest BCUT2D eigenvalue weighted by atomic mass is 10.3. The van der Waals surface area contributed by atoms with Crippen LogP contribution in [-0.2, 0) is 0 Å². The molecule has 0 amide bonds. The fraction of sp³-hybridized carbons (Fsp3) is 0.778. The minimum absolute atomic E-state index is 0.495. The first kappa shape index (κ1) is 8.27. The van der Waals surface area contributed by atoms with Crippen LogP contribution >= 0.6 is 7.92 Å². The standard InChI is InChI=1S/C9H17P/c1-2-3-4-7-10-8-5-6-9-10/h2H,1,3-9H2. The summed E-state index contributed by atoms with van der Waals surface area (Å²) in [5, 5.41) is 0. The summed E-state index contributed by atoms with van der Waals surface area (Å²) in [7, 11) is 0.495. The van der Waals surface area contributed by atoms with E-state index in [4.69, 9.17) is 0 Å². The van der Waals surface area contributed by atoms with Crippen molar-refractivity contribution in [2.24, 2.45) is 0 Å². The van der Waals surface area contributed by atoms with Gasteiger partial charge in [0.2, 0.25) is 0 Å². The molecule has 1 heterocycles. The van der Waals surface area contributed by atoms with Crippen molar-refractivity contribution in [3.05, 3.63) is 12.7 Å². The summed E-state index contributed by atoms with van der Waals surface area (Å²) >= 11 is 0. The molecule has 1 rings (SSSR count). The fourth-order valence-corrected chi connectivity index (χ4v) is 4.11. The summed E-state index contributed by atoms with van der Waals surface area (Å²) in [6.07, 6.45) is 12.3. The molecule has 1 aliphatic rings. The van der Waals surface area contributed by atoms with E-state index in [0.717, 1.165) is 0 Å². The number of rotatable bonds is 4. The zero-order valence-electron chi connectivity index (χ0n) is 6.68. The van der Waals surface area contributed by atoms with Gasteiger partial charge in [0, 0.05) is 0 Å². The zero-order valence-corrected chi connectivity index (χ0v) is 7.58. The van der Waals surface area contributed by atoms with Gasteiger partial charge in [0.25, 0.3) is 0 Å². The molecule has 58 valence electrons. The molecule has 1 fully saturated rings. The minimum Gasteiger partial charge on any atom is -0.107 e. The van der Waals surface area contributed by atoms with E-state index in [2.05, 4.69) is 6.58 Å². The van der Waals surface area contributed by atoms with E-state index in [0.29, 0.717) is 7.92 Å². The molecule has 0 aliphatic carbocycles. The zero-order chi connectivity index (χ0) is 7.23. The normalized spacial score (nSPS) is 19.6. The third-order valence-electron chi connectivity index (χ3n) is 2.08. The molecule has 0 radical (unpaired) electrons. The topological polar surface area (TPSA) is 0 Å². The monoisotopic (exact) mass is 156 g/mol. The number of hydrogen-bond acceptors (Lipinski definition) is 0. The van der Waals surface area contributed by atoms with Crippen molar-refractivity contribution >= 4 is 7.92 Å². The van der Waals surface area contributed by atoms with E-state index in [-0.39, 0.29) is 0 Å². The Morgan fingerprint density at radius 2 is 2.00 bits per heavy atom. The van der Waals surface area contributed by atoms with E-state index in [9.17, 15) is 0 Å². The van der Waals surface area contributed by atoms with Crippen molar-refractivity contribution < 1.29 is 0 Å². The Kier molecular flexibility index (Phi) is 4.06. The molecule has 10 heavy (non-hydrogen) atoms. The molecule has 1 saturated heterocycles. The average Bonchev–Trinajstić information content (AvgIpc) is 2.41. The maximum absolute atomic E-state index is 3.73. The Hall–Kier alpha value is 0.170. The molecular weight excluding hydrogens is 139 g/mol. The molecule has 0 nitrogen and oxygen atoms in total. The molecule has 0 aromatic heterocycles. The first-order chi connectivity index (χ1) is 4.93. The number of unbranched alkanes of at least 4 members (excludes halogenated alkanes) is 1. The summed E-state index contributed by atoms with van der Waals surface area (Å²) in [5.74, 6) is 0. The van der Waals surface area contributed by atoms with Gasteiger partial charge in [0.05, 0.1) is 0 Å². The maximum Gasteiger partial charge on any atom is -0.0323 e. The Labute approximate surface area is 65.5 Å². The molecule has 0 aromatic carbocycles. The molecule has 0 aromatic rings. The Bertz CT molecular complexity index is 92.9. The molecule has 0 bridgehead atoms. The molecular formula is C9H17P. The van der Waals surface area contributed by atoms with Crippen LogP contribution in [0.1, 0.15) is 25.7 Å². The molecule has 0 unspecified atom stereocenters. The summed E-state index contributed by atoms with van der Waals surface area (Å²) < 4.78 is 0. The van der Waals surface area contributed by atoms with Gasteiger partial charge in [-0.15, -0.1) is 14.5 Å². The van der Waals surface area contributed by atoms with Crippen molar-refractivity contribution in [2.45, 2.75) is 25.7 Å². The van der Waals surface area contributed by atoms with Crippen LogP contribution < -0.4 is 0 Å². The van der Waals surface area contributed by atoms with Crippen LogP contribution in [0, 0.1) is 0 Å². The van der Waals surface area contributed by atoms with E-state index >= 15 is 0 Å². The molecule has 0 spiro atoms. The second kappa shape index (κ2) is 4.91. The van der Waals surface area contributed by atoms with Gasteiger partial charge in [-0.2, -0.15) is 0 Å². The first-order valence-corrected chi connectivity index (χ1v) is 6.16. The predicted octanol–water partition coefficient (Wildman–Crippen LogP) is 3.23. The van der Waals surface area contributed by atoms with Crippen LogP contribution in [0.5, 0.6) is 0 Å². The van der Waals surface area contributed by atoms with Crippen LogP contribution in [0.2, 0.25) is 0 Å². The lowest BCUT2D eigenvalue weighted by Crippen LogP contribution is -1.84. The lowest BCUT2D eigenvalue weighted by Gasteiger charge is -2.06. The SMILES string of the molecule is C=CCCCP1CCCC1. The van der Waals surface area contributed by atoms with Crippen molar-refractivity contribution in [1.82, 2.24) is 0 Å². The van der Waals surface area contributed by atoms with Gasteiger partial charge < -0.3 is 0 Å². The summed E-state index contributed by atoms with van der Waals surface area (Å²) in [6.45, 7) is 3.73. The van der Waals surface area contributed by atoms with E-state index in [1.165, 1.54) is 31.8 Å². The van der Waals surface area contributed by atoms with Crippen LogP contribution in [0.4, 0.5) is 0 Å². The third-order valence-corrected chi connectivity index (χ3v) is 4.93. The Morgan fingerprint density at radius 3 is 2.60 bits per heavy atom. The van der Waals surface area contributed by atoms with Gasteiger partial charge in [0.15, 0.2) is 0 Å². The van der Waals surface area contributed by atoms with Crippen LogP contribution in [0.25, 0.3) is 0 Å². The average molecular weight is 156 g/mol. The second-order valence-corrected chi connectivity index (χ2v) is 5.66. The van der Waals surface area contributed by atoms with E-state index < -0.39 is 0 Å². The van der Waals surface area contributed by atoms with Gasteiger partial charge >= 0.3 is 0 Å². The molecule has 0 saturated carbocycles. The van der Waals surface area contributed by atoms with Crippen molar-refractivity contribution in [2.75, 3.05) is 18.5 Å². The van der Waals surface area contributed by atoms with Gasteiger partial charge in [-0.05, 0) is 44.2 Å². The summed E-state index contributed by atoms with van der Waals surface area (Å²) in [5.41, 5.74) is 0. The quantitative estimate of drug-likeness (QED) is 0.333. The Balaban J connectivity index is 1.96. The second-order valence-electron chi connectivity index (χ2n) is 2.98. The van der Waals surface area contributed by atoms with Crippen LogP contribution in [0.3, 0.4) is 0 Å². The van der Waals surface area contributed by atoms with Gasteiger partial charge in [0.1, 0.15) is 0 Å². The third kappa shape index (κ3) is 2.84. The highest BCUT2D eigenvalue weighted by molar-refractivity contribution is 7.57. The number of allylic oxidation sites excluding steroid dienone is 1. The van der Waals surface area contributed by atoms with Crippen LogP contribution in [-0.4, -0.2) is 18.5 Å². The maximum atomic E-state index is 3.73. The smallest absolute Gasteiger partial charge is 0.0323 e. The predicted molar refractivity (Wildman–Crippen MR) is 50.2 cm³/mol. The fourth-order valence-electron chi connectivity index (χ4n) is 1.47. The highest BCUT2D eigenvalue weighted by Crippen LogP contribution is 2.43. The van der Waals surface area contributed by atoms with Crippen LogP contribution in [0.15, 0.2) is 12.7 Å². The highest BCUT2D eigenvalue weighted by atomic mass is 31.1. The largest absolute Gasteiger partial charge is 0.107 e. The molecule has 1 aliphatic heterocycles. The van der Waals surface area contributed by atoms with Crippen molar-refractivity contribution in [3.63, 3.8) is 0 Å². The van der Waals surface area contributed by atoms with Crippen molar-refractivity contribution in [1.29, 1.82) is 0 Å². The van der Waals surface area contributed by atoms with E-state index in [1.54, 1.807) is 12.3 Å². The van der Waals surface area contributed by atoms with Crippen molar-refractivity contribution in [3.8, 4) is 0 Å². The van der Waals surface area contributed by atoms with Gasteiger partial charge in [-0.25, -0.2) is 0 Å². The number of hydrogen-bond donors (Lipinski definition) is 0. The molecule has 0 N–H and O–H groups in total. The summed E-state index contributed by atoms with van der Waals surface area (Å²) in [6, 6.07) is 0. The Morgan fingerprint density at radius 1 is 1.30 bits per heavy atom. The summed E-state index contributed by atoms with van der Waals surface area (Å²) in [4.78, 5) is 0. The van der Waals surface area contributed by atoms with Gasteiger partial charge in [-0.3, -0.25) is 0 Å². The first-order valence-electron chi connectivity index (χ1n) is 4.27.